The summed E-state index contributed by atoms with van der Waals surface area (Å²) < 4.78 is 5.53. The molecule has 5 heteroatoms. The summed E-state index contributed by atoms with van der Waals surface area (Å²) in [6.45, 7) is 2.50. The van der Waals surface area contributed by atoms with Gasteiger partial charge in [0.15, 0.2) is 0 Å². The maximum atomic E-state index is 6.09. The number of halogens is 1. The first-order valence-corrected chi connectivity index (χ1v) is 5.60. The first-order valence-electron chi connectivity index (χ1n) is 5.22. The van der Waals surface area contributed by atoms with Crippen LogP contribution in [0.25, 0.3) is 11.3 Å². The number of aromatic nitrogens is 2. The third-order valence-electron chi connectivity index (χ3n) is 2.26. The summed E-state index contributed by atoms with van der Waals surface area (Å²) in [4.78, 5) is 7.98. The van der Waals surface area contributed by atoms with Crippen LogP contribution in [0.15, 0.2) is 30.6 Å². The molecule has 0 unspecified atom stereocenters. The van der Waals surface area contributed by atoms with Crippen molar-refractivity contribution in [2.45, 2.75) is 6.92 Å². The van der Waals surface area contributed by atoms with E-state index < -0.39 is 0 Å². The van der Waals surface area contributed by atoms with Crippen LogP contribution in [0.5, 0.6) is 5.75 Å². The van der Waals surface area contributed by atoms with Crippen molar-refractivity contribution in [3.63, 3.8) is 0 Å². The maximum Gasteiger partial charge on any atom is 0.146 e. The average molecular weight is 250 g/mol. The molecule has 0 amide bonds. The molecule has 1 aromatic heterocycles. The van der Waals surface area contributed by atoms with Crippen LogP contribution < -0.4 is 10.5 Å². The smallest absolute Gasteiger partial charge is 0.146 e. The molecule has 0 saturated carbocycles. The van der Waals surface area contributed by atoms with Gasteiger partial charge in [0, 0.05) is 5.56 Å². The van der Waals surface area contributed by atoms with E-state index in [1.807, 2.05) is 31.2 Å². The summed E-state index contributed by atoms with van der Waals surface area (Å²) in [6, 6.07) is 7.55. The Balaban J connectivity index is 2.56. The number of ether oxygens (including phenoxy) is 1. The molecule has 1 heterocycles. The van der Waals surface area contributed by atoms with Gasteiger partial charge in [-0.15, -0.1) is 0 Å². The highest BCUT2D eigenvalue weighted by molar-refractivity contribution is 6.35. The number of para-hydroxylation sites is 1. The van der Waals surface area contributed by atoms with Crippen molar-refractivity contribution in [1.82, 2.24) is 9.97 Å². The van der Waals surface area contributed by atoms with E-state index in [-0.39, 0.29) is 5.82 Å². The van der Waals surface area contributed by atoms with Crippen molar-refractivity contribution in [3.05, 3.63) is 35.6 Å². The standard InChI is InChI=1S/C12H12ClN3O/c1-2-17-9-6-4-3-5-8(9)11-10(13)12(14)16-7-15-11/h3-7H,2H2,1H3,(H2,14,15,16). The van der Waals surface area contributed by atoms with Crippen LogP contribution in [0.1, 0.15) is 6.92 Å². The van der Waals surface area contributed by atoms with E-state index in [0.717, 1.165) is 11.3 Å². The maximum absolute atomic E-state index is 6.09. The normalized spacial score (nSPS) is 10.2. The van der Waals surface area contributed by atoms with E-state index in [1.54, 1.807) is 0 Å². The van der Waals surface area contributed by atoms with Gasteiger partial charge in [0.1, 0.15) is 22.9 Å². The molecule has 88 valence electrons. The van der Waals surface area contributed by atoms with Gasteiger partial charge in [-0.2, -0.15) is 0 Å². The number of nitrogens with zero attached hydrogens (tertiary/aromatic N) is 2. The zero-order chi connectivity index (χ0) is 12.3. The van der Waals surface area contributed by atoms with Gasteiger partial charge in [0.05, 0.1) is 12.3 Å². The van der Waals surface area contributed by atoms with Gasteiger partial charge in [-0.25, -0.2) is 9.97 Å². The molecule has 0 aliphatic carbocycles. The molecule has 1 aromatic carbocycles. The van der Waals surface area contributed by atoms with Crippen LogP contribution in [-0.2, 0) is 0 Å². The highest BCUT2D eigenvalue weighted by Crippen LogP contribution is 2.34. The monoisotopic (exact) mass is 249 g/mol. The van der Waals surface area contributed by atoms with Gasteiger partial charge < -0.3 is 10.5 Å². The lowest BCUT2D eigenvalue weighted by atomic mass is 10.1. The van der Waals surface area contributed by atoms with Crippen LogP contribution in [0.3, 0.4) is 0 Å². The van der Waals surface area contributed by atoms with E-state index in [1.165, 1.54) is 6.33 Å². The highest BCUT2D eigenvalue weighted by Gasteiger charge is 2.12. The topological polar surface area (TPSA) is 61.0 Å². The summed E-state index contributed by atoms with van der Waals surface area (Å²) in [7, 11) is 0. The number of benzene rings is 1. The Morgan fingerprint density at radius 2 is 2.06 bits per heavy atom. The Kier molecular flexibility index (Phi) is 3.44. The SMILES string of the molecule is CCOc1ccccc1-c1ncnc(N)c1Cl. The minimum absolute atomic E-state index is 0.267. The summed E-state index contributed by atoms with van der Waals surface area (Å²) in [5.74, 6) is 0.998. The molecular formula is C12H12ClN3O. The van der Waals surface area contributed by atoms with Crippen molar-refractivity contribution >= 4 is 17.4 Å². The average Bonchev–Trinajstić information content (AvgIpc) is 2.34. The molecule has 0 saturated heterocycles. The van der Waals surface area contributed by atoms with Crippen molar-refractivity contribution in [2.75, 3.05) is 12.3 Å². The van der Waals surface area contributed by atoms with Crippen LogP contribution in [0.2, 0.25) is 5.02 Å². The second kappa shape index (κ2) is 5.01. The molecule has 0 spiro atoms. The lowest BCUT2D eigenvalue weighted by Gasteiger charge is -2.10. The van der Waals surface area contributed by atoms with Gasteiger partial charge in [-0.05, 0) is 19.1 Å². The number of hydrogen-bond donors (Lipinski definition) is 1. The summed E-state index contributed by atoms with van der Waals surface area (Å²) in [5, 5.41) is 0.347. The second-order valence-electron chi connectivity index (χ2n) is 3.35. The first-order chi connectivity index (χ1) is 8.24. The van der Waals surface area contributed by atoms with E-state index >= 15 is 0 Å². The number of anilines is 1. The molecule has 0 fully saturated rings. The predicted molar refractivity (Wildman–Crippen MR) is 68.1 cm³/mol. The first kappa shape index (κ1) is 11.7. The fraction of sp³-hybridized carbons (Fsp3) is 0.167. The molecular weight excluding hydrogens is 238 g/mol. The zero-order valence-corrected chi connectivity index (χ0v) is 10.1. The predicted octanol–water partition coefficient (Wildman–Crippen LogP) is 2.78. The molecule has 0 atom stereocenters. The third kappa shape index (κ3) is 2.31. The largest absolute Gasteiger partial charge is 0.493 e. The number of hydrogen-bond acceptors (Lipinski definition) is 4. The van der Waals surface area contributed by atoms with Crippen LogP contribution >= 0.6 is 11.6 Å². The van der Waals surface area contributed by atoms with Crippen LogP contribution in [0, 0.1) is 0 Å². The Morgan fingerprint density at radius 1 is 1.29 bits per heavy atom. The lowest BCUT2D eigenvalue weighted by Crippen LogP contribution is -1.98. The van der Waals surface area contributed by atoms with Gasteiger partial charge in [-0.1, -0.05) is 23.7 Å². The highest BCUT2D eigenvalue weighted by atomic mass is 35.5. The van der Waals surface area contributed by atoms with Crippen LogP contribution in [0.4, 0.5) is 5.82 Å². The molecule has 0 bridgehead atoms. The fourth-order valence-corrected chi connectivity index (χ4v) is 1.71. The minimum Gasteiger partial charge on any atom is -0.493 e. The summed E-state index contributed by atoms with van der Waals surface area (Å²) in [6.07, 6.45) is 1.39. The molecule has 2 rings (SSSR count). The van der Waals surface area contributed by atoms with Gasteiger partial charge in [0.2, 0.25) is 0 Å². The van der Waals surface area contributed by atoms with Gasteiger partial charge in [-0.3, -0.25) is 0 Å². The van der Waals surface area contributed by atoms with Crippen LogP contribution in [-0.4, -0.2) is 16.6 Å². The molecule has 0 aliphatic rings. The Hall–Kier alpha value is -1.81. The lowest BCUT2D eigenvalue weighted by molar-refractivity contribution is 0.341. The van der Waals surface area contributed by atoms with Crippen molar-refractivity contribution < 1.29 is 4.74 Å². The van der Waals surface area contributed by atoms with Crippen molar-refractivity contribution in [2.24, 2.45) is 0 Å². The fourth-order valence-electron chi connectivity index (χ4n) is 1.51. The molecule has 0 aliphatic heterocycles. The Bertz CT molecular complexity index is 531. The van der Waals surface area contributed by atoms with E-state index in [4.69, 9.17) is 22.1 Å². The van der Waals surface area contributed by atoms with Gasteiger partial charge >= 0.3 is 0 Å². The summed E-state index contributed by atoms with van der Waals surface area (Å²) >= 11 is 6.09. The molecule has 17 heavy (non-hydrogen) atoms. The van der Waals surface area contributed by atoms with Crippen molar-refractivity contribution in [3.8, 4) is 17.0 Å². The minimum atomic E-state index is 0.267. The molecule has 2 N–H and O–H groups in total. The van der Waals surface area contributed by atoms with E-state index in [2.05, 4.69) is 9.97 Å². The molecule has 2 aromatic rings. The number of nitrogens with two attached hydrogens (primary N) is 1. The quantitative estimate of drug-likeness (QED) is 0.909. The van der Waals surface area contributed by atoms with Gasteiger partial charge in [0.25, 0.3) is 0 Å². The van der Waals surface area contributed by atoms with E-state index in [0.29, 0.717) is 17.3 Å². The summed E-state index contributed by atoms with van der Waals surface area (Å²) in [5.41, 5.74) is 7.06. The Labute approximate surface area is 104 Å². The van der Waals surface area contributed by atoms with E-state index in [9.17, 15) is 0 Å². The molecule has 0 radical (unpaired) electrons. The Morgan fingerprint density at radius 3 is 2.82 bits per heavy atom. The van der Waals surface area contributed by atoms with Crippen molar-refractivity contribution in [1.29, 1.82) is 0 Å². The number of nitrogen functional groups attached to an aromatic ring is 1. The third-order valence-corrected chi connectivity index (χ3v) is 2.63. The zero-order valence-electron chi connectivity index (χ0n) is 9.35. The molecule has 4 nitrogen and oxygen atoms in total. The number of rotatable bonds is 3. The second-order valence-corrected chi connectivity index (χ2v) is 3.73.